The summed E-state index contributed by atoms with van der Waals surface area (Å²) in [5.74, 6) is 0. The molecule has 2 atom stereocenters. The van der Waals surface area contributed by atoms with Crippen molar-refractivity contribution in [3.63, 3.8) is 0 Å². The Bertz CT molecular complexity index is 893. The van der Waals surface area contributed by atoms with Gasteiger partial charge < -0.3 is 10.2 Å². The molecule has 0 saturated carbocycles. The van der Waals surface area contributed by atoms with Gasteiger partial charge in [-0.1, -0.05) is 17.7 Å². The van der Waals surface area contributed by atoms with E-state index in [-0.39, 0.29) is 12.1 Å². The first kappa shape index (κ1) is 16.5. The number of thiophene rings is 1. The number of rotatable bonds is 3. The fourth-order valence-corrected chi connectivity index (χ4v) is 4.61. The molecule has 1 aromatic carbocycles. The minimum atomic E-state index is 0.00225. The molecule has 0 amide bonds. The summed E-state index contributed by atoms with van der Waals surface area (Å²) in [5.41, 5.74) is 2.01. The molecular formula is C19H16ClN3S2. The van der Waals surface area contributed by atoms with Crippen molar-refractivity contribution in [1.29, 1.82) is 0 Å². The highest BCUT2D eigenvalue weighted by Crippen LogP contribution is 2.43. The average molecular weight is 386 g/mol. The average Bonchev–Trinajstić information content (AvgIpc) is 3.20. The van der Waals surface area contributed by atoms with E-state index in [2.05, 4.69) is 34.3 Å². The third kappa shape index (κ3) is 3.15. The molecule has 3 nitrogen and oxygen atoms in total. The summed E-state index contributed by atoms with van der Waals surface area (Å²) in [5, 5.41) is 4.88. The minimum absolute atomic E-state index is 0.00225. The van der Waals surface area contributed by atoms with Gasteiger partial charge in [0.05, 0.1) is 17.8 Å². The number of hydrogen-bond acceptors (Lipinski definition) is 3. The summed E-state index contributed by atoms with van der Waals surface area (Å²) in [6.45, 7) is 2.12. The maximum absolute atomic E-state index is 6.06. The van der Waals surface area contributed by atoms with Crippen LogP contribution in [-0.4, -0.2) is 10.1 Å². The molecule has 1 aliphatic rings. The highest BCUT2D eigenvalue weighted by atomic mass is 35.5. The van der Waals surface area contributed by atoms with E-state index < -0.39 is 0 Å². The lowest BCUT2D eigenvalue weighted by molar-refractivity contribution is 0.575. The number of aryl methyl sites for hydroxylation is 1. The Morgan fingerprint density at radius 2 is 1.92 bits per heavy atom. The molecule has 0 spiro atoms. The predicted octanol–water partition coefficient (Wildman–Crippen LogP) is 5.28. The zero-order chi connectivity index (χ0) is 17.4. The van der Waals surface area contributed by atoms with Gasteiger partial charge in [-0.15, -0.1) is 11.3 Å². The summed E-state index contributed by atoms with van der Waals surface area (Å²) in [7, 11) is 0. The van der Waals surface area contributed by atoms with Crippen LogP contribution in [0.2, 0.25) is 5.02 Å². The van der Waals surface area contributed by atoms with E-state index >= 15 is 0 Å². The summed E-state index contributed by atoms with van der Waals surface area (Å²) < 4.78 is 0. The summed E-state index contributed by atoms with van der Waals surface area (Å²) in [6, 6.07) is 18.2. The van der Waals surface area contributed by atoms with Gasteiger partial charge in [0, 0.05) is 26.7 Å². The van der Waals surface area contributed by atoms with Crippen LogP contribution in [0.25, 0.3) is 0 Å². The van der Waals surface area contributed by atoms with Gasteiger partial charge in [0.15, 0.2) is 5.11 Å². The van der Waals surface area contributed by atoms with Crippen LogP contribution in [0.1, 0.15) is 27.5 Å². The quantitative estimate of drug-likeness (QED) is 0.620. The molecule has 126 valence electrons. The Kier molecular flexibility index (Phi) is 4.46. The van der Waals surface area contributed by atoms with Crippen molar-refractivity contribution in [2.75, 3.05) is 4.90 Å². The fraction of sp³-hybridized carbons (Fsp3) is 0.158. The standard InChI is InChI=1S/C19H16ClN3S2/c1-12-5-10-16(25-12)18-17(15-4-2-3-11-21-15)22-19(24)23(18)14-8-6-13(20)7-9-14/h2-11,17-18H,1H3,(H,22,24)/t17-,18-/m1/s1. The number of hydrogen-bond donors (Lipinski definition) is 1. The monoisotopic (exact) mass is 385 g/mol. The molecule has 6 heteroatoms. The van der Waals surface area contributed by atoms with Gasteiger partial charge in [-0.25, -0.2) is 0 Å². The van der Waals surface area contributed by atoms with E-state index in [1.807, 2.05) is 48.7 Å². The van der Waals surface area contributed by atoms with Gasteiger partial charge in [-0.2, -0.15) is 0 Å². The van der Waals surface area contributed by atoms with Crippen molar-refractivity contribution in [3.8, 4) is 0 Å². The first-order valence-electron chi connectivity index (χ1n) is 7.96. The maximum Gasteiger partial charge on any atom is 0.174 e. The Morgan fingerprint density at radius 3 is 2.56 bits per heavy atom. The predicted molar refractivity (Wildman–Crippen MR) is 108 cm³/mol. The van der Waals surface area contributed by atoms with Gasteiger partial charge in [0.25, 0.3) is 0 Å². The van der Waals surface area contributed by atoms with E-state index in [1.165, 1.54) is 9.75 Å². The fourth-order valence-electron chi connectivity index (χ4n) is 3.14. The smallest absolute Gasteiger partial charge is 0.174 e. The summed E-state index contributed by atoms with van der Waals surface area (Å²) >= 11 is 13.5. The number of aromatic nitrogens is 1. The molecule has 3 aromatic rings. The second kappa shape index (κ2) is 6.75. The topological polar surface area (TPSA) is 28.2 Å². The Morgan fingerprint density at radius 1 is 1.12 bits per heavy atom. The van der Waals surface area contributed by atoms with Crippen molar-refractivity contribution in [2.24, 2.45) is 0 Å². The minimum Gasteiger partial charge on any atom is -0.351 e. The van der Waals surface area contributed by atoms with Crippen molar-refractivity contribution < 1.29 is 0 Å². The van der Waals surface area contributed by atoms with Crippen molar-refractivity contribution >= 4 is 46.0 Å². The number of benzene rings is 1. The molecule has 0 bridgehead atoms. The van der Waals surface area contributed by atoms with Crippen LogP contribution in [-0.2, 0) is 0 Å². The van der Waals surface area contributed by atoms with E-state index in [1.54, 1.807) is 11.3 Å². The highest BCUT2D eigenvalue weighted by molar-refractivity contribution is 7.80. The number of halogens is 1. The van der Waals surface area contributed by atoms with Crippen LogP contribution in [0.4, 0.5) is 5.69 Å². The third-order valence-electron chi connectivity index (χ3n) is 4.26. The molecule has 1 fully saturated rings. The number of pyridine rings is 1. The Balaban J connectivity index is 1.81. The summed E-state index contributed by atoms with van der Waals surface area (Å²) in [6.07, 6.45) is 1.82. The number of anilines is 1. The molecule has 1 saturated heterocycles. The van der Waals surface area contributed by atoms with E-state index in [4.69, 9.17) is 23.8 Å². The number of thiocarbonyl (C=S) groups is 1. The van der Waals surface area contributed by atoms with Gasteiger partial charge in [0.2, 0.25) is 0 Å². The van der Waals surface area contributed by atoms with Crippen molar-refractivity contribution in [2.45, 2.75) is 19.0 Å². The molecule has 25 heavy (non-hydrogen) atoms. The van der Waals surface area contributed by atoms with Crippen LogP contribution in [0.3, 0.4) is 0 Å². The lowest BCUT2D eigenvalue weighted by atomic mass is 10.0. The molecule has 3 heterocycles. The molecular weight excluding hydrogens is 370 g/mol. The maximum atomic E-state index is 6.06. The Labute approximate surface area is 161 Å². The van der Waals surface area contributed by atoms with Crippen molar-refractivity contribution in [1.82, 2.24) is 10.3 Å². The van der Waals surface area contributed by atoms with Gasteiger partial charge in [-0.3, -0.25) is 4.98 Å². The molecule has 4 rings (SSSR count). The molecule has 0 aliphatic carbocycles. The first-order chi connectivity index (χ1) is 12.1. The number of nitrogens with one attached hydrogen (secondary N) is 1. The zero-order valence-electron chi connectivity index (χ0n) is 13.5. The molecule has 2 aromatic heterocycles. The molecule has 1 N–H and O–H groups in total. The van der Waals surface area contributed by atoms with E-state index in [0.29, 0.717) is 10.1 Å². The van der Waals surface area contributed by atoms with Crippen molar-refractivity contribution in [3.05, 3.63) is 81.3 Å². The van der Waals surface area contributed by atoms with E-state index in [9.17, 15) is 0 Å². The second-order valence-electron chi connectivity index (χ2n) is 5.92. The third-order valence-corrected chi connectivity index (χ3v) is 5.89. The molecule has 1 aliphatic heterocycles. The van der Waals surface area contributed by atoms with Crippen LogP contribution < -0.4 is 10.2 Å². The van der Waals surface area contributed by atoms with Crippen LogP contribution >= 0.6 is 35.2 Å². The highest BCUT2D eigenvalue weighted by Gasteiger charge is 2.41. The van der Waals surface area contributed by atoms with Crippen LogP contribution in [0.15, 0.2) is 60.8 Å². The van der Waals surface area contributed by atoms with E-state index in [0.717, 1.165) is 11.4 Å². The summed E-state index contributed by atoms with van der Waals surface area (Å²) in [4.78, 5) is 9.26. The Hall–Kier alpha value is -1.95. The van der Waals surface area contributed by atoms with Crippen LogP contribution in [0, 0.1) is 6.92 Å². The number of nitrogens with zero attached hydrogens (tertiary/aromatic N) is 2. The van der Waals surface area contributed by atoms with Gasteiger partial charge >= 0.3 is 0 Å². The normalized spacial score (nSPS) is 19.9. The second-order valence-corrected chi connectivity index (χ2v) is 8.06. The van der Waals surface area contributed by atoms with Gasteiger partial charge in [0.1, 0.15) is 0 Å². The first-order valence-corrected chi connectivity index (χ1v) is 9.56. The molecule has 0 unspecified atom stereocenters. The lowest BCUT2D eigenvalue weighted by Gasteiger charge is -2.27. The lowest BCUT2D eigenvalue weighted by Crippen LogP contribution is -2.28. The van der Waals surface area contributed by atoms with Gasteiger partial charge in [-0.05, 0) is 67.7 Å². The largest absolute Gasteiger partial charge is 0.351 e. The zero-order valence-corrected chi connectivity index (χ0v) is 15.9. The molecule has 0 radical (unpaired) electrons. The van der Waals surface area contributed by atoms with Crippen LogP contribution in [0.5, 0.6) is 0 Å². The SMILES string of the molecule is Cc1ccc([C@@H]2[C@@H](c3ccccn3)NC(=S)N2c2ccc(Cl)cc2)s1.